The van der Waals surface area contributed by atoms with Crippen molar-refractivity contribution in [1.29, 1.82) is 0 Å². The lowest BCUT2D eigenvalue weighted by molar-refractivity contribution is -0.139. The van der Waals surface area contributed by atoms with Crippen molar-refractivity contribution in [2.75, 3.05) is 13.7 Å². The quantitative estimate of drug-likeness (QED) is 0.498. The first-order valence-electron chi connectivity index (χ1n) is 4.49. The molecule has 7 heteroatoms. The van der Waals surface area contributed by atoms with E-state index < -0.39 is 11.9 Å². The van der Waals surface area contributed by atoms with Crippen molar-refractivity contribution in [2.24, 2.45) is 0 Å². The van der Waals surface area contributed by atoms with Gasteiger partial charge in [-0.3, -0.25) is 0 Å². The summed E-state index contributed by atoms with van der Waals surface area (Å²) in [4.78, 5) is 21.7. The summed E-state index contributed by atoms with van der Waals surface area (Å²) in [7, 11) is 1.22. The van der Waals surface area contributed by atoms with Gasteiger partial charge in [0.2, 0.25) is 0 Å². The van der Waals surface area contributed by atoms with E-state index in [1.54, 1.807) is 6.20 Å². The molecule has 0 spiro atoms. The number of hydrogen-bond acceptors (Lipinski definition) is 6. The standard InChI is InChI=1S/C9H11N3O4/c1-15-8(13)2-3-9(14)16-7-6-12-5-4-10-11-12/h2-5H,6-7H2,1H3. The van der Waals surface area contributed by atoms with E-state index in [0.29, 0.717) is 6.54 Å². The normalized spacial score (nSPS) is 10.3. The molecule has 1 rings (SSSR count). The van der Waals surface area contributed by atoms with E-state index in [1.807, 2.05) is 0 Å². The Morgan fingerprint density at radius 2 is 2.12 bits per heavy atom. The van der Waals surface area contributed by atoms with Crippen LogP contribution < -0.4 is 0 Å². The largest absolute Gasteiger partial charge is 0.466 e. The van der Waals surface area contributed by atoms with Crippen LogP contribution in [-0.2, 0) is 25.6 Å². The highest BCUT2D eigenvalue weighted by Gasteiger charge is 1.99. The van der Waals surface area contributed by atoms with Crippen LogP contribution in [0.25, 0.3) is 0 Å². The van der Waals surface area contributed by atoms with Crippen LogP contribution in [0.2, 0.25) is 0 Å². The van der Waals surface area contributed by atoms with E-state index in [2.05, 4.69) is 15.0 Å². The van der Waals surface area contributed by atoms with Crippen LogP contribution in [0.1, 0.15) is 0 Å². The van der Waals surface area contributed by atoms with E-state index in [-0.39, 0.29) is 6.61 Å². The third-order valence-corrected chi connectivity index (χ3v) is 1.59. The Hall–Kier alpha value is -2.18. The van der Waals surface area contributed by atoms with Crippen LogP contribution in [0, 0.1) is 0 Å². The zero-order chi connectivity index (χ0) is 11.8. The first-order valence-corrected chi connectivity index (χ1v) is 4.49. The minimum Gasteiger partial charge on any atom is -0.466 e. The van der Waals surface area contributed by atoms with Crippen LogP contribution in [0.15, 0.2) is 24.5 Å². The molecular weight excluding hydrogens is 214 g/mol. The topological polar surface area (TPSA) is 83.3 Å². The Morgan fingerprint density at radius 3 is 2.75 bits per heavy atom. The highest BCUT2D eigenvalue weighted by atomic mass is 16.5. The van der Waals surface area contributed by atoms with Crippen LogP contribution in [0.4, 0.5) is 0 Å². The van der Waals surface area contributed by atoms with Gasteiger partial charge in [0.05, 0.1) is 19.9 Å². The van der Waals surface area contributed by atoms with Crippen molar-refractivity contribution in [3.63, 3.8) is 0 Å². The second-order valence-electron chi connectivity index (χ2n) is 2.69. The number of rotatable bonds is 5. The molecule has 1 aromatic heterocycles. The molecule has 0 aliphatic rings. The van der Waals surface area contributed by atoms with Crippen molar-refractivity contribution in [3.8, 4) is 0 Å². The fraction of sp³-hybridized carbons (Fsp3) is 0.333. The molecule has 0 unspecified atom stereocenters. The highest BCUT2D eigenvalue weighted by Crippen LogP contribution is 1.87. The second-order valence-corrected chi connectivity index (χ2v) is 2.69. The lowest BCUT2D eigenvalue weighted by Gasteiger charge is -2.00. The summed E-state index contributed by atoms with van der Waals surface area (Å²) in [5.41, 5.74) is 0. The minimum absolute atomic E-state index is 0.160. The fourth-order valence-corrected chi connectivity index (χ4v) is 0.844. The Bertz CT molecular complexity index is 372. The lowest BCUT2D eigenvalue weighted by Crippen LogP contribution is -2.10. The molecule has 0 aromatic carbocycles. The Labute approximate surface area is 91.6 Å². The zero-order valence-electron chi connectivity index (χ0n) is 8.70. The minimum atomic E-state index is -0.606. The van der Waals surface area contributed by atoms with Crippen molar-refractivity contribution < 1.29 is 19.1 Å². The van der Waals surface area contributed by atoms with Crippen molar-refractivity contribution in [2.45, 2.75) is 6.54 Å². The Kier molecular flexibility index (Phi) is 4.71. The predicted octanol–water partition coefficient (Wildman–Crippen LogP) is -0.450. The molecule has 0 radical (unpaired) electrons. The third-order valence-electron chi connectivity index (χ3n) is 1.59. The molecule has 0 amide bonds. The second kappa shape index (κ2) is 6.33. The van der Waals surface area contributed by atoms with Gasteiger partial charge in [0.15, 0.2) is 0 Å². The third kappa shape index (κ3) is 4.36. The summed E-state index contributed by atoms with van der Waals surface area (Å²) < 4.78 is 10.6. The van der Waals surface area contributed by atoms with Gasteiger partial charge < -0.3 is 9.47 Å². The SMILES string of the molecule is COC(=O)C=CC(=O)OCCn1ccnn1. The van der Waals surface area contributed by atoms with E-state index >= 15 is 0 Å². The maximum absolute atomic E-state index is 11.0. The number of carbonyl (C=O) groups is 2. The van der Waals surface area contributed by atoms with Gasteiger partial charge in [-0.15, -0.1) is 5.10 Å². The van der Waals surface area contributed by atoms with Gasteiger partial charge >= 0.3 is 11.9 Å². The average molecular weight is 225 g/mol. The molecule has 0 N–H and O–H groups in total. The van der Waals surface area contributed by atoms with Gasteiger partial charge in [0, 0.05) is 18.3 Å². The molecular formula is C9H11N3O4. The molecule has 0 bridgehead atoms. The number of nitrogens with zero attached hydrogens (tertiary/aromatic N) is 3. The number of aromatic nitrogens is 3. The number of esters is 2. The molecule has 0 fully saturated rings. The van der Waals surface area contributed by atoms with E-state index in [0.717, 1.165) is 12.2 Å². The van der Waals surface area contributed by atoms with Crippen LogP contribution in [0.5, 0.6) is 0 Å². The maximum atomic E-state index is 11.0. The van der Waals surface area contributed by atoms with E-state index in [1.165, 1.54) is 18.0 Å². The van der Waals surface area contributed by atoms with Crippen LogP contribution in [-0.4, -0.2) is 40.6 Å². The van der Waals surface area contributed by atoms with Gasteiger partial charge in [-0.2, -0.15) is 0 Å². The van der Waals surface area contributed by atoms with Crippen LogP contribution >= 0.6 is 0 Å². The molecule has 1 aromatic rings. The summed E-state index contributed by atoms with van der Waals surface area (Å²) in [6.45, 7) is 0.575. The smallest absolute Gasteiger partial charge is 0.331 e. The molecule has 86 valence electrons. The summed E-state index contributed by atoms with van der Waals surface area (Å²) in [5.74, 6) is -1.21. The summed E-state index contributed by atoms with van der Waals surface area (Å²) in [6, 6.07) is 0. The average Bonchev–Trinajstić information content (AvgIpc) is 2.79. The molecule has 0 saturated carbocycles. The molecule has 0 atom stereocenters. The molecule has 1 heterocycles. The van der Waals surface area contributed by atoms with Gasteiger partial charge in [0.25, 0.3) is 0 Å². The van der Waals surface area contributed by atoms with Gasteiger partial charge in [0.1, 0.15) is 6.61 Å². The van der Waals surface area contributed by atoms with Crippen molar-refractivity contribution in [3.05, 3.63) is 24.5 Å². The van der Waals surface area contributed by atoms with Gasteiger partial charge in [-0.25, -0.2) is 14.3 Å². The number of carbonyl (C=O) groups excluding carboxylic acids is 2. The molecule has 0 aliphatic carbocycles. The van der Waals surface area contributed by atoms with Gasteiger partial charge in [-0.05, 0) is 0 Å². The Balaban J connectivity index is 2.20. The van der Waals surface area contributed by atoms with E-state index in [4.69, 9.17) is 4.74 Å². The first-order chi connectivity index (χ1) is 7.72. The molecule has 16 heavy (non-hydrogen) atoms. The fourth-order valence-electron chi connectivity index (χ4n) is 0.844. The van der Waals surface area contributed by atoms with Crippen molar-refractivity contribution >= 4 is 11.9 Å². The summed E-state index contributed by atoms with van der Waals surface area (Å²) in [5, 5.41) is 7.27. The molecule has 0 aliphatic heterocycles. The first kappa shape index (κ1) is 11.9. The monoisotopic (exact) mass is 225 g/mol. The van der Waals surface area contributed by atoms with Crippen molar-refractivity contribution in [1.82, 2.24) is 15.0 Å². The molecule has 7 nitrogen and oxygen atoms in total. The number of ether oxygens (including phenoxy) is 2. The summed E-state index contributed by atoms with van der Waals surface area (Å²) >= 11 is 0. The predicted molar refractivity (Wildman–Crippen MR) is 52.1 cm³/mol. The maximum Gasteiger partial charge on any atom is 0.331 e. The lowest BCUT2D eigenvalue weighted by atomic mass is 10.5. The van der Waals surface area contributed by atoms with E-state index in [9.17, 15) is 9.59 Å². The van der Waals surface area contributed by atoms with Gasteiger partial charge in [-0.1, -0.05) is 5.21 Å². The molecule has 0 saturated heterocycles. The summed E-state index contributed by atoms with van der Waals surface area (Å²) in [6.07, 6.45) is 5.18. The number of methoxy groups -OCH3 is 1. The Morgan fingerprint density at radius 1 is 1.38 bits per heavy atom. The highest BCUT2D eigenvalue weighted by molar-refractivity contribution is 5.91. The number of hydrogen-bond donors (Lipinski definition) is 0. The van der Waals surface area contributed by atoms with Crippen LogP contribution in [0.3, 0.4) is 0 Å². The zero-order valence-corrected chi connectivity index (χ0v) is 8.70.